The molecule has 1 aromatic carbocycles. The second kappa shape index (κ2) is 5.85. The van der Waals surface area contributed by atoms with E-state index in [0.29, 0.717) is 5.56 Å². The van der Waals surface area contributed by atoms with E-state index in [1.54, 1.807) is 13.8 Å². The maximum atomic E-state index is 11.6. The highest BCUT2D eigenvalue weighted by Crippen LogP contribution is 2.32. The van der Waals surface area contributed by atoms with Crippen molar-refractivity contribution in [2.24, 2.45) is 0 Å². The molecule has 8 heteroatoms. The molecule has 0 radical (unpaired) electrons. The van der Waals surface area contributed by atoms with E-state index in [0.717, 1.165) is 6.07 Å². The molecule has 106 valence electrons. The van der Waals surface area contributed by atoms with Gasteiger partial charge in [-0.05, 0) is 20.0 Å². The summed E-state index contributed by atoms with van der Waals surface area (Å²) in [6, 6.07) is 3.83. The number of alkyl halides is 1. The molecule has 0 amide bonds. The van der Waals surface area contributed by atoms with Crippen LogP contribution in [0.25, 0.3) is 0 Å². The van der Waals surface area contributed by atoms with Crippen molar-refractivity contribution in [3.8, 4) is 0 Å². The largest absolute Gasteiger partial charge is 0.274 e. The Hall–Kier alpha value is -1.18. The number of rotatable bonds is 5. The van der Waals surface area contributed by atoms with E-state index in [4.69, 9.17) is 11.6 Å². The van der Waals surface area contributed by atoms with Crippen molar-refractivity contribution >= 4 is 27.3 Å². The number of nitrogens with zero attached hydrogens (tertiary/aromatic N) is 1. The fourth-order valence-corrected chi connectivity index (χ4v) is 2.48. The molecule has 1 rings (SSSR count). The molecule has 6 nitrogen and oxygen atoms in total. The van der Waals surface area contributed by atoms with Crippen LogP contribution in [0.1, 0.15) is 25.3 Å². The minimum atomic E-state index is -3.70. The van der Waals surface area contributed by atoms with Crippen molar-refractivity contribution in [1.29, 1.82) is 0 Å². The molecular formula is C11H15ClN2O4S. The quantitative estimate of drug-likeness (QED) is 0.513. The average Bonchev–Trinajstić information content (AvgIpc) is 2.36. The highest BCUT2D eigenvalue weighted by molar-refractivity contribution is 7.89. The molecule has 0 heterocycles. The molecular weight excluding hydrogens is 292 g/mol. The van der Waals surface area contributed by atoms with Gasteiger partial charge < -0.3 is 0 Å². The third-order valence-electron chi connectivity index (χ3n) is 2.96. The van der Waals surface area contributed by atoms with Gasteiger partial charge in [-0.2, -0.15) is 0 Å². The summed E-state index contributed by atoms with van der Waals surface area (Å²) in [7, 11) is -2.46. The lowest BCUT2D eigenvalue weighted by molar-refractivity contribution is -0.385. The average molecular weight is 307 g/mol. The Morgan fingerprint density at radius 2 is 1.95 bits per heavy atom. The number of nitrogens with one attached hydrogen (secondary N) is 1. The van der Waals surface area contributed by atoms with Crippen molar-refractivity contribution in [2.45, 2.75) is 30.0 Å². The Morgan fingerprint density at radius 3 is 2.37 bits per heavy atom. The van der Waals surface area contributed by atoms with E-state index >= 15 is 0 Å². The van der Waals surface area contributed by atoms with E-state index in [2.05, 4.69) is 4.72 Å². The van der Waals surface area contributed by atoms with Gasteiger partial charge in [0.05, 0.1) is 9.82 Å². The standard InChI is InChI=1S/C11H15ClN2O4S/c1-7(8(2)12)10-5-4-9(19(17,18)13-3)6-11(10)14(15)16/h4-8,13H,1-3H3. The van der Waals surface area contributed by atoms with Crippen molar-refractivity contribution in [3.63, 3.8) is 0 Å². The zero-order valence-corrected chi connectivity index (χ0v) is 12.3. The molecule has 0 aliphatic carbocycles. The fraction of sp³-hybridized carbons (Fsp3) is 0.455. The van der Waals surface area contributed by atoms with Gasteiger partial charge in [0.1, 0.15) is 0 Å². The van der Waals surface area contributed by atoms with Crippen molar-refractivity contribution < 1.29 is 13.3 Å². The zero-order chi connectivity index (χ0) is 14.8. The molecule has 2 unspecified atom stereocenters. The van der Waals surface area contributed by atoms with Crippen molar-refractivity contribution in [2.75, 3.05) is 7.05 Å². The Kier molecular flexibility index (Phi) is 4.89. The summed E-state index contributed by atoms with van der Waals surface area (Å²) in [4.78, 5) is 10.3. The molecule has 0 saturated heterocycles. The van der Waals surface area contributed by atoms with Crippen LogP contribution in [0, 0.1) is 10.1 Å². The van der Waals surface area contributed by atoms with E-state index in [1.807, 2.05) is 0 Å². The van der Waals surface area contributed by atoms with Gasteiger partial charge >= 0.3 is 0 Å². The summed E-state index contributed by atoms with van der Waals surface area (Å²) in [6.07, 6.45) is 0. The van der Waals surface area contributed by atoms with Crippen LogP contribution in [-0.2, 0) is 10.0 Å². The minimum absolute atomic E-state index is 0.139. The van der Waals surface area contributed by atoms with Crippen LogP contribution in [0.4, 0.5) is 5.69 Å². The van der Waals surface area contributed by atoms with Crippen molar-refractivity contribution in [1.82, 2.24) is 4.72 Å². The van der Waals surface area contributed by atoms with Crippen LogP contribution in [0.5, 0.6) is 0 Å². The summed E-state index contributed by atoms with van der Waals surface area (Å²) in [5.41, 5.74) is 0.180. The highest BCUT2D eigenvalue weighted by Gasteiger charge is 2.25. The van der Waals surface area contributed by atoms with Gasteiger partial charge in [-0.3, -0.25) is 10.1 Å². The first-order chi connectivity index (χ1) is 8.70. The Balaban J connectivity index is 3.43. The van der Waals surface area contributed by atoms with Gasteiger partial charge in [0.15, 0.2) is 0 Å². The number of hydrogen-bond donors (Lipinski definition) is 1. The van der Waals surface area contributed by atoms with Gasteiger partial charge in [-0.25, -0.2) is 13.1 Å². The van der Waals surface area contributed by atoms with E-state index < -0.39 is 14.9 Å². The zero-order valence-electron chi connectivity index (χ0n) is 10.8. The predicted octanol–water partition coefficient (Wildman–Crippen LogP) is 2.23. The van der Waals surface area contributed by atoms with Crippen LogP contribution in [-0.4, -0.2) is 25.8 Å². The second-order valence-corrected chi connectivity index (χ2v) is 6.73. The molecule has 0 aliphatic heterocycles. The number of sulfonamides is 1. The highest BCUT2D eigenvalue weighted by atomic mass is 35.5. The molecule has 0 aliphatic rings. The summed E-state index contributed by atoms with van der Waals surface area (Å²) in [5, 5.41) is 10.8. The fourth-order valence-electron chi connectivity index (χ4n) is 1.60. The van der Waals surface area contributed by atoms with Gasteiger partial charge in [0, 0.05) is 22.9 Å². The van der Waals surface area contributed by atoms with E-state index in [1.165, 1.54) is 19.2 Å². The Morgan fingerprint density at radius 1 is 1.37 bits per heavy atom. The minimum Gasteiger partial charge on any atom is -0.258 e. The lowest BCUT2D eigenvalue weighted by atomic mass is 9.96. The normalized spacial score (nSPS) is 14.9. The third-order valence-corrected chi connectivity index (χ3v) is 4.75. The second-order valence-electron chi connectivity index (χ2n) is 4.15. The summed E-state index contributed by atoms with van der Waals surface area (Å²) < 4.78 is 25.4. The first-order valence-electron chi connectivity index (χ1n) is 5.56. The van der Waals surface area contributed by atoms with Crippen LogP contribution in [0.15, 0.2) is 23.1 Å². The van der Waals surface area contributed by atoms with Crippen molar-refractivity contribution in [3.05, 3.63) is 33.9 Å². The predicted molar refractivity (Wildman–Crippen MR) is 73.1 cm³/mol. The van der Waals surface area contributed by atoms with Gasteiger partial charge in [0.25, 0.3) is 5.69 Å². The Labute approximate surface area is 117 Å². The molecule has 1 aromatic rings. The lowest BCUT2D eigenvalue weighted by Gasteiger charge is -2.15. The van der Waals surface area contributed by atoms with Gasteiger partial charge in [-0.15, -0.1) is 11.6 Å². The van der Waals surface area contributed by atoms with Crippen LogP contribution in [0.3, 0.4) is 0 Å². The Bertz CT molecular complexity index is 586. The lowest BCUT2D eigenvalue weighted by Crippen LogP contribution is -2.19. The van der Waals surface area contributed by atoms with Gasteiger partial charge in [0.2, 0.25) is 10.0 Å². The van der Waals surface area contributed by atoms with E-state index in [-0.39, 0.29) is 21.9 Å². The topological polar surface area (TPSA) is 89.3 Å². The smallest absolute Gasteiger partial charge is 0.258 e. The van der Waals surface area contributed by atoms with E-state index in [9.17, 15) is 18.5 Å². The molecule has 19 heavy (non-hydrogen) atoms. The molecule has 1 N–H and O–H groups in total. The molecule has 0 fully saturated rings. The van der Waals surface area contributed by atoms with Crippen LogP contribution < -0.4 is 4.72 Å². The first-order valence-corrected chi connectivity index (χ1v) is 7.48. The maximum absolute atomic E-state index is 11.6. The summed E-state index contributed by atoms with van der Waals surface area (Å²) in [5.74, 6) is -0.256. The monoisotopic (exact) mass is 306 g/mol. The summed E-state index contributed by atoms with van der Waals surface area (Å²) in [6.45, 7) is 3.49. The summed E-state index contributed by atoms with van der Waals surface area (Å²) >= 11 is 5.94. The first kappa shape index (κ1) is 15.9. The SMILES string of the molecule is CNS(=O)(=O)c1ccc(C(C)C(C)Cl)c([N+](=O)[O-])c1. The number of nitro groups is 1. The molecule has 0 bridgehead atoms. The van der Waals surface area contributed by atoms with Crippen LogP contribution >= 0.6 is 11.6 Å². The third kappa shape index (κ3) is 3.43. The van der Waals surface area contributed by atoms with Gasteiger partial charge in [-0.1, -0.05) is 13.0 Å². The number of benzene rings is 1. The molecule has 0 aromatic heterocycles. The molecule has 0 spiro atoms. The number of hydrogen-bond acceptors (Lipinski definition) is 4. The maximum Gasteiger partial charge on any atom is 0.274 e. The molecule has 0 saturated carbocycles. The molecule has 2 atom stereocenters. The number of halogens is 1. The number of nitro benzene ring substituents is 1. The van der Waals surface area contributed by atoms with Crippen LogP contribution in [0.2, 0.25) is 0 Å².